The molecule has 0 fully saturated rings. The van der Waals surface area contributed by atoms with Gasteiger partial charge < -0.3 is 4.90 Å². The molecule has 1 nitrogen and oxygen atoms in total. The Hall–Kier alpha value is -8.52. The molecule has 0 aliphatic heterocycles. The molecule has 11 aromatic rings. The van der Waals surface area contributed by atoms with Crippen molar-refractivity contribution in [3.63, 3.8) is 0 Å². The molecule has 0 bridgehead atoms. The molecule has 0 spiro atoms. The second-order valence-corrected chi connectivity index (χ2v) is 17.9. The van der Waals surface area contributed by atoms with Crippen molar-refractivity contribution >= 4 is 27.8 Å². The molecule has 13 rings (SSSR count). The first-order valence-corrected chi connectivity index (χ1v) is 23.3. The van der Waals surface area contributed by atoms with Crippen molar-refractivity contribution in [2.75, 3.05) is 4.90 Å². The van der Waals surface area contributed by atoms with Gasteiger partial charge in [-0.15, -0.1) is 0 Å². The van der Waals surface area contributed by atoms with Gasteiger partial charge >= 0.3 is 0 Å². The lowest BCUT2D eigenvalue weighted by atomic mass is 9.67. The van der Waals surface area contributed by atoms with E-state index in [0.717, 1.165) is 17.1 Å². The topological polar surface area (TPSA) is 3.24 Å². The molecule has 2 aliphatic carbocycles. The second-order valence-electron chi connectivity index (χ2n) is 17.9. The lowest BCUT2D eigenvalue weighted by Gasteiger charge is -2.35. The van der Waals surface area contributed by atoms with Crippen molar-refractivity contribution in [3.05, 3.63) is 317 Å². The lowest BCUT2D eigenvalue weighted by molar-refractivity contribution is 0.768. The zero-order valence-corrected chi connectivity index (χ0v) is 36.9. The van der Waals surface area contributed by atoms with Crippen molar-refractivity contribution in [2.45, 2.75) is 10.8 Å². The Morgan fingerprint density at radius 1 is 0.254 bits per heavy atom. The normalized spacial score (nSPS) is 13.6. The fourth-order valence-electron chi connectivity index (χ4n) is 11.8. The maximum atomic E-state index is 2.52. The number of hydrogen-bond acceptors (Lipinski definition) is 1. The Morgan fingerprint density at radius 2 is 0.701 bits per heavy atom. The Labute approximate surface area is 392 Å². The van der Waals surface area contributed by atoms with E-state index in [0.29, 0.717) is 0 Å². The van der Waals surface area contributed by atoms with Crippen molar-refractivity contribution in [1.29, 1.82) is 0 Å². The van der Waals surface area contributed by atoms with Crippen molar-refractivity contribution in [3.8, 4) is 33.4 Å². The molecule has 2 aliphatic rings. The molecule has 0 heterocycles. The third kappa shape index (κ3) is 5.81. The van der Waals surface area contributed by atoms with Crippen LogP contribution in [0.15, 0.2) is 273 Å². The van der Waals surface area contributed by atoms with E-state index in [4.69, 9.17) is 0 Å². The average molecular weight is 852 g/mol. The third-order valence-electron chi connectivity index (χ3n) is 14.6. The van der Waals surface area contributed by atoms with Crippen molar-refractivity contribution in [1.82, 2.24) is 0 Å². The van der Waals surface area contributed by atoms with E-state index in [1.807, 2.05) is 0 Å². The fraction of sp³-hybridized carbons (Fsp3) is 0.0303. The first-order chi connectivity index (χ1) is 33.2. The Balaban J connectivity index is 1.09. The van der Waals surface area contributed by atoms with Crippen LogP contribution in [0.2, 0.25) is 0 Å². The smallest absolute Gasteiger partial charge is 0.0714 e. The van der Waals surface area contributed by atoms with Gasteiger partial charge in [0.05, 0.1) is 16.5 Å². The number of benzene rings is 11. The molecule has 1 heteroatoms. The maximum absolute atomic E-state index is 2.52. The number of hydrogen-bond donors (Lipinski definition) is 0. The largest absolute Gasteiger partial charge is 0.310 e. The van der Waals surface area contributed by atoms with Gasteiger partial charge in [-0.3, -0.25) is 0 Å². The predicted octanol–water partition coefficient (Wildman–Crippen LogP) is 16.7. The van der Waals surface area contributed by atoms with Gasteiger partial charge in [-0.05, 0) is 119 Å². The Kier molecular flexibility index (Phi) is 9.05. The minimum Gasteiger partial charge on any atom is -0.310 e. The molecular weight excluding hydrogens is 807 g/mol. The lowest BCUT2D eigenvalue weighted by Crippen LogP contribution is -2.29. The molecule has 314 valence electrons. The minimum atomic E-state index is -0.545. The Bertz CT molecular complexity index is 3530. The number of nitrogens with zero attached hydrogens (tertiary/aromatic N) is 1. The van der Waals surface area contributed by atoms with Gasteiger partial charge in [0.1, 0.15) is 0 Å². The molecule has 0 saturated carbocycles. The third-order valence-corrected chi connectivity index (χ3v) is 14.6. The van der Waals surface area contributed by atoms with E-state index in [1.54, 1.807) is 0 Å². The van der Waals surface area contributed by atoms with Gasteiger partial charge in [0, 0.05) is 16.9 Å². The van der Waals surface area contributed by atoms with Crippen LogP contribution in [0.1, 0.15) is 44.5 Å². The summed E-state index contributed by atoms with van der Waals surface area (Å²) < 4.78 is 0. The first kappa shape index (κ1) is 38.9. The second kappa shape index (κ2) is 15.6. The van der Waals surface area contributed by atoms with E-state index >= 15 is 0 Å². The van der Waals surface area contributed by atoms with Crippen LogP contribution in [-0.4, -0.2) is 0 Å². The molecular formula is C66H45N. The van der Waals surface area contributed by atoms with Crippen LogP contribution < -0.4 is 4.90 Å². The van der Waals surface area contributed by atoms with Gasteiger partial charge in [-0.1, -0.05) is 237 Å². The number of rotatable bonds is 8. The first-order valence-electron chi connectivity index (χ1n) is 23.3. The predicted molar refractivity (Wildman–Crippen MR) is 279 cm³/mol. The standard InChI is InChI=1S/C66H45N/c1-5-22-50(23-6-1)65(51-24-7-2-8-25-51)60-33-18-16-31-58(60)64-61(65)34-19-35-63(64)67(54-40-38-47(39-41-54)49-37-36-46-20-13-14-21-48(46)44-49)55-42-43-57-56-30-15-17-32-59(56)66(62(57)45-55,52-26-9-3-10-27-52)53-28-11-4-12-29-53/h1-45H. The highest BCUT2D eigenvalue weighted by molar-refractivity contribution is 5.99. The highest BCUT2D eigenvalue weighted by Gasteiger charge is 2.49. The van der Waals surface area contributed by atoms with Crippen LogP contribution in [0.3, 0.4) is 0 Å². The van der Waals surface area contributed by atoms with Crippen LogP contribution in [0.25, 0.3) is 44.2 Å². The van der Waals surface area contributed by atoms with E-state index in [-0.39, 0.29) is 0 Å². The van der Waals surface area contributed by atoms with E-state index < -0.39 is 10.8 Å². The van der Waals surface area contributed by atoms with Crippen LogP contribution in [0.4, 0.5) is 17.1 Å². The number of fused-ring (bicyclic) bond motifs is 7. The summed E-state index contributed by atoms with van der Waals surface area (Å²) in [5.74, 6) is 0. The van der Waals surface area contributed by atoms with Gasteiger partial charge in [0.25, 0.3) is 0 Å². The number of anilines is 3. The molecule has 11 aromatic carbocycles. The molecule has 0 N–H and O–H groups in total. The van der Waals surface area contributed by atoms with Gasteiger partial charge in [0.15, 0.2) is 0 Å². The highest BCUT2D eigenvalue weighted by atomic mass is 15.1. The quantitative estimate of drug-likeness (QED) is 0.147. The highest BCUT2D eigenvalue weighted by Crippen LogP contribution is 2.61. The van der Waals surface area contributed by atoms with Crippen LogP contribution >= 0.6 is 0 Å². The molecule has 0 amide bonds. The fourth-order valence-corrected chi connectivity index (χ4v) is 11.8. The van der Waals surface area contributed by atoms with Crippen LogP contribution in [0.5, 0.6) is 0 Å². The van der Waals surface area contributed by atoms with E-state index in [9.17, 15) is 0 Å². The summed E-state index contributed by atoms with van der Waals surface area (Å²) >= 11 is 0. The monoisotopic (exact) mass is 851 g/mol. The van der Waals surface area contributed by atoms with Crippen molar-refractivity contribution < 1.29 is 0 Å². The van der Waals surface area contributed by atoms with E-state index in [2.05, 4.69) is 278 Å². The van der Waals surface area contributed by atoms with Crippen molar-refractivity contribution in [2.24, 2.45) is 0 Å². The molecule has 0 radical (unpaired) electrons. The maximum Gasteiger partial charge on any atom is 0.0714 e. The summed E-state index contributed by atoms with van der Waals surface area (Å²) in [5.41, 5.74) is 19.8. The molecule has 0 atom stereocenters. The summed E-state index contributed by atoms with van der Waals surface area (Å²) in [6.45, 7) is 0. The van der Waals surface area contributed by atoms with Crippen LogP contribution in [-0.2, 0) is 10.8 Å². The summed E-state index contributed by atoms with van der Waals surface area (Å²) in [5, 5.41) is 2.49. The molecule has 67 heavy (non-hydrogen) atoms. The zero-order valence-electron chi connectivity index (χ0n) is 36.9. The molecule has 0 unspecified atom stereocenters. The summed E-state index contributed by atoms with van der Waals surface area (Å²) in [6, 6.07) is 101. The molecule has 0 aromatic heterocycles. The zero-order chi connectivity index (χ0) is 44.4. The minimum absolute atomic E-state index is 0.536. The van der Waals surface area contributed by atoms with Gasteiger partial charge in [-0.2, -0.15) is 0 Å². The van der Waals surface area contributed by atoms with E-state index in [1.165, 1.54) is 88.7 Å². The SMILES string of the molecule is c1ccc(C2(c3ccccc3)c3ccccc3-c3ccc(N(c4ccc(-c5ccc6ccccc6c5)cc4)c4cccc5c4-c4ccccc4C5(c4ccccc4)c4ccccc4)cc32)cc1. The molecule has 0 saturated heterocycles. The van der Waals surface area contributed by atoms with Gasteiger partial charge in [0.2, 0.25) is 0 Å². The Morgan fingerprint density at radius 3 is 1.31 bits per heavy atom. The average Bonchev–Trinajstić information content (AvgIpc) is 3.88. The summed E-state index contributed by atoms with van der Waals surface area (Å²) in [4.78, 5) is 2.52. The summed E-state index contributed by atoms with van der Waals surface area (Å²) in [6.07, 6.45) is 0. The van der Waals surface area contributed by atoms with Crippen LogP contribution in [0, 0.1) is 0 Å². The summed E-state index contributed by atoms with van der Waals surface area (Å²) in [7, 11) is 0. The van der Waals surface area contributed by atoms with Gasteiger partial charge in [-0.25, -0.2) is 0 Å².